The number of benzene rings is 2. The highest BCUT2D eigenvalue weighted by Crippen LogP contribution is 2.35. The number of carbonyl (C=O) groups is 1. The monoisotopic (exact) mass is 389 g/mol. The number of aryl methyl sites for hydroxylation is 2. The molecule has 0 bridgehead atoms. The Morgan fingerprint density at radius 3 is 2.25 bits per heavy atom. The number of nitrogens with zero attached hydrogens (tertiary/aromatic N) is 1. The quantitative estimate of drug-likeness (QED) is 0.278. The summed E-state index contributed by atoms with van der Waals surface area (Å²) < 4.78 is 21.2. The molecule has 2 aromatic rings. The van der Waals surface area contributed by atoms with Gasteiger partial charge in [0.1, 0.15) is 24.5 Å². The van der Waals surface area contributed by atoms with E-state index in [1.54, 1.807) is 6.92 Å². The molecule has 0 aliphatic carbocycles. The summed E-state index contributed by atoms with van der Waals surface area (Å²) >= 11 is 0. The van der Waals surface area contributed by atoms with Crippen molar-refractivity contribution in [2.75, 3.05) is 26.9 Å². The second-order valence-electron chi connectivity index (χ2n) is 6.02. The predicted octanol–water partition coefficient (Wildman–Crippen LogP) is 3.85. The third-order valence-corrected chi connectivity index (χ3v) is 3.78. The van der Waals surface area contributed by atoms with Crippen LogP contribution in [0.5, 0.6) is 17.2 Å². The first kappa shape index (κ1) is 21.0. The lowest BCUT2D eigenvalue weighted by Crippen LogP contribution is -2.14. The largest absolute Gasteiger partial charge is 0.493 e. The summed E-state index contributed by atoms with van der Waals surface area (Å²) in [6, 6.07) is 8.17. The standard InChI is InChI=1S/C20H23NO7/c1-5-26-19-12-17(21(23)24)16(11-18(19)25-4)20(22)28-7-6-27-15-9-13(2)8-14(3)10-15/h8-12H,5-7H2,1-4H3. The van der Waals surface area contributed by atoms with Crippen molar-refractivity contribution in [3.8, 4) is 17.2 Å². The summed E-state index contributed by atoms with van der Waals surface area (Å²) in [6.45, 7) is 6.02. The smallest absolute Gasteiger partial charge is 0.345 e. The van der Waals surface area contributed by atoms with E-state index >= 15 is 0 Å². The van der Waals surface area contributed by atoms with Crippen molar-refractivity contribution >= 4 is 11.7 Å². The van der Waals surface area contributed by atoms with E-state index in [9.17, 15) is 14.9 Å². The van der Waals surface area contributed by atoms with Crippen molar-refractivity contribution in [1.29, 1.82) is 0 Å². The van der Waals surface area contributed by atoms with Gasteiger partial charge in [-0.05, 0) is 44.0 Å². The molecule has 0 saturated carbocycles. The lowest BCUT2D eigenvalue weighted by atomic mass is 10.1. The minimum absolute atomic E-state index is 0.0570. The van der Waals surface area contributed by atoms with Gasteiger partial charge in [-0.3, -0.25) is 10.1 Å². The number of hydrogen-bond donors (Lipinski definition) is 0. The molecule has 0 fully saturated rings. The molecular weight excluding hydrogens is 366 g/mol. The van der Waals surface area contributed by atoms with E-state index < -0.39 is 16.6 Å². The zero-order valence-corrected chi connectivity index (χ0v) is 16.3. The van der Waals surface area contributed by atoms with Crippen LogP contribution in [-0.4, -0.2) is 37.8 Å². The number of ether oxygens (including phenoxy) is 4. The molecule has 2 rings (SSSR count). The number of carbonyl (C=O) groups excluding carboxylic acids is 1. The topological polar surface area (TPSA) is 97.1 Å². The van der Waals surface area contributed by atoms with Crippen LogP contribution in [0.2, 0.25) is 0 Å². The fourth-order valence-electron chi connectivity index (χ4n) is 2.68. The molecule has 0 aromatic heterocycles. The maximum atomic E-state index is 12.3. The Morgan fingerprint density at radius 1 is 1.00 bits per heavy atom. The van der Waals surface area contributed by atoms with Crippen LogP contribution in [0.25, 0.3) is 0 Å². The molecule has 0 aliphatic heterocycles. The van der Waals surface area contributed by atoms with Crippen LogP contribution < -0.4 is 14.2 Å². The summed E-state index contributed by atoms with van der Waals surface area (Å²) in [7, 11) is 1.39. The first-order valence-electron chi connectivity index (χ1n) is 8.73. The number of hydrogen-bond acceptors (Lipinski definition) is 7. The Bertz CT molecular complexity index is 844. The van der Waals surface area contributed by atoms with Crippen LogP contribution in [0, 0.1) is 24.0 Å². The Balaban J connectivity index is 2.07. The molecule has 0 unspecified atom stereocenters. The van der Waals surface area contributed by atoms with Gasteiger partial charge >= 0.3 is 5.97 Å². The molecule has 0 amide bonds. The van der Waals surface area contributed by atoms with Crippen molar-refractivity contribution in [3.63, 3.8) is 0 Å². The summed E-state index contributed by atoms with van der Waals surface area (Å²) in [5.74, 6) is 0.233. The molecule has 2 aromatic carbocycles. The van der Waals surface area contributed by atoms with E-state index in [4.69, 9.17) is 18.9 Å². The van der Waals surface area contributed by atoms with E-state index in [0.717, 1.165) is 17.2 Å². The van der Waals surface area contributed by atoms with Crippen molar-refractivity contribution < 1.29 is 28.7 Å². The molecule has 0 aliphatic rings. The van der Waals surface area contributed by atoms with Gasteiger partial charge in [-0.2, -0.15) is 0 Å². The van der Waals surface area contributed by atoms with Gasteiger partial charge in [0.05, 0.1) is 24.7 Å². The Morgan fingerprint density at radius 2 is 1.68 bits per heavy atom. The second kappa shape index (κ2) is 9.59. The molecule has 0 N–H and O–H groups in total. The average molecular weight is 389 g/mol. The van der Waals surface area contributed by atoms with Crippen LogP contribution in [0.3, 0.4) is 0 Å². The second-order valence-corrected chi connectivity index (χ2v) is 6.02. The Kier molecular flexibility index (Phi) is 7.20. The number of nitro benzene ring substituents is 1. The zero-order chi connectivity index (χ0) is 20.7. The van der Waals surface area contributed by atoms with Crippen LogP contribution in [-0.2, 0) is 4.74 Å². The van der Waals surface area contributed by atoms with E-state index in [1.807, 2.05) is 32.0 Å². The fourth-order valence-corrected chi connectivity index (χ4v) is 2.68. The normalized spacial score (nSPS) is 10.3. The van der Waals surface area contributed by atoms with Crippen molar-refractivity contribution in [3.05, 3.63) is 57.1 Å². The summed E-state index contributed by atoms with van der Waals surface area (Å²) in [5.41, 5.74) is 1.49. The van der Waals surface area contributed by atoms with Crippen LogP contribution in [0.4, 0.5) is 5.69 Å². The summed E-state index contributed by atoms with van der Waals surface area (Å²) in [5, 5.41) is 11.3. The number of methoxy groups -OCH3 is 1. The highest BCUT2D eigenvalue weighted by atomic mass is 16.6. The average Bonchev–Trinajstić information content (AvgIpc) is 2.64. The van der Waals surface area contributed by atoms with E-state index in [-0.39, 0.29) is 30.3 Å². The SMILES string of the molecule is CCOc1cc([N+](=O)[O-])c(C(=O)OCCOc2cc(C)cc(C)c2)cc1OC. The van der Waals surface area contributed by atoms with Gasteiger partial charge in [0.15, 0.2) is 11.5 Å². The van der Waals surface area contributed by atoms with Gasteiger partial charge < -0.3 is 18.9 Å². The van der Waals surface area contributed by atoms with Crippen LogP contribution >= 0.6 is 0 Å². The predicted molar refractivity (Wildman–Crippen MR) is 103 cm³/mol. The number of esters is 1. The molecule has 150 valence electrons. The third kappa shape index (κ3) is 5.35. The van der Waals surface area contributed by atoms with E-state index in [2.05, 4.69) is 0 Å². The van der Waals surface area contributed by atoms with Crippen LogP contribution in [0.15, 0.2) is 30.3 Å². The highest BCUT2D eigenvalue weighted by Gasteiger charge is 2.25. The molecule has 0 atom stereocenters. The van der Waals surface area contributed by atoms with Gasteiger partial charge in [0.2, 0.25) is 0 Å². The molecule has 0 radical (unpaired) electrons. The minimum atomic E-state index is -0.836. The zero-order valence-electron chi connectivity index (χ0n) is 16.3. The van der Waals surface area contributed by atoms with Gasteiger partial charge in [-0.1, -0.05) is 6.07 Å². The molecule has 28 heavy (non-hydrogen) atoms. The molecule has 8 nitrogen and oxygen atoms in total. The minimum Gasteiger partial charge on any atom is -0.493 e. The van der Waals surface area contributed by atoms with Crippen molar-refractivity contribution in [1.82, 2.24) is 0 Å². The molecule has 0 spiro atoms. The molecule has 0 heterocycles. The van der Waals surface area contributed by atoms with E-state index in [0.29, 0.717) is 12.4 Å². The van der Waals surface area contributed by atoms with Gasteiger partial charge in [0.25, 0.3) is 5.69 Å². The van der Waals surface area contributed by atoms with Gasteiger partial charge in [-0.15, -0.1) is 0 Å². The molecular formula is C20H23NO7. The first-order valence-corrected chi connectivity index (χ1v) is 8.73. The third-order valence-electron chi connectivity index (χ3n) is 3.78. The summed E-state index contributed by atoms with van der Waals surface area (Å²) in [6.07, 6.45) is 0. The first-order chi connectivity index (χ1) is 13.3. The molecule has 0 saturated heterocycles. The van der Waals surface area contributed by atoms with Crippen molar-refractivity contribution in [2.45, 2.75) is 20.8 Å². The lowest BCUT2D eigenvalue weighted by molar-refractivity contribution is -0.385. The van der Waals surface area contributed by atoms with Gasteiger partial charge in [0, 0.05) is 6.07 Å². The Hall–Kier alpha value is -3.29. The van der Waals surface area contributed by atoms with Crippen molar-refractivity contribution in [2.24, 2.45) is 0 Å². The highest BCUT2D eigenvalue weighted by molar-refractivity contribution is 5.95. The van der Waals surface area contributed by atoms with E-state index in [1.165, 1.54) is 13.2 Å². The Labute approximate surface area is 163 Å². The summed E-state index contributed by atoms with van der Waals surface area (Å²) in [4.78, 5) is 23.0. The molecule has 8 heteroatoms. The van der Waals surface area contributed by atoms with Crippen LogP contribution in [0.1, 0.15) is 28.4 Å². The maximum absolute atomic E-state index is 12.3. The number of nitro groups is 1. The lowest BCUT2D eigenvalue weighted by Gasteiger charge is -2.12. The number of rotatable bonds is 9. The maximum Gasteiger partial charge on any atom is 0.345 e. The fraction of sp³-hybridized carbons (Fsp3) is 0.350. The van der Waals surface area contributed by atoms with Gasteiger partial charge in [-0.25, -0.2) is 4.79 Å².